The second kappa shape index (κ2) is 5.32. The zero-order chi connectivity index (χ0) is 9.52. The highest BCUT2D eigenvalue weighted by atomic mass is 16.3. The van der Waals surface area contributed by atoms with E-state index in [2.05, 4.69) is 4.99 Å². The molecule has 13 heavy (non-hydrogen) atoms. The first-order chi connectivity index (χ1) is 6.33. The fourth-order valence-electron chi connectivity index (χ4n) is 0.937. The van der Waals surface area contributed by atoms with Gasteiger partial charge in [0.15, 0.2) is 0 Å². The highest BCUT2D eigenvalue weighted by Gasteiger charge is 1.88. The van der Waals surface area contributed by atoms with Crippen LogP contribution in [0.2, 0.25) is 0 Å². The molecule has 0 aliphatic rings. The molecule has 0 atom stereocenters. The van der Waals surface area contributed by atoms with Crippen LogP contribution in [-0.2, 0) is 0 Å². The van der Waals surface area contributed by atoms with Gasteiger partial charge in [0.05, 0.1) is 0 Å². The van der Waals surface area contributed by atoms with Crippen LogP contribution in [0.25, 0.3) is 0 Å². The maximum Gasteiger partial charge on any atom is 0.116 e. The van der Waals surface area contributed by atoms with Crippen molar-refractivity contribution in [1.29, 1.82) is 0 Å². The summed E-state index contributed by atoms with van der Waals surface area (Å²) in [5.74, 6) is 0.242. The topological polar surface area (TPSA) is 52.8 Å². The number of aromatic hydroxyl groups is 1. The van der Waals surface area contributed by atoms with Crippen molar-refractivity contribution in [2.45, 2.75) is 6.42 Å². The normalized spacial score (nSPS) is 10.8. The van der Waals surface area contributed by atoms with E-state index >= 15 is 0 Å². The van der Waals surface area contributed by atoms with E-state index < -0.39 is 0 Å². The summed E-state index contributed by atoms with van der Waals surface area (Å²) in [5, 5.41) is 17.6. The number of phenolic OH excluding ortho intramolecular Hbond substituents is 1. The molecule has 1 aromatic rings. The third kappa shape index (κ3) is 3.71. The summed E-state index contributed by atoms with van der Waals surface area (Å²) in [4.78, 5) is 4.08. The van der Waals surface area contributed by atoms with Crippen molar-refractivity contribution in [2.75, 3.05) is 13.2 Å². The molecular weight excluding hydrogens is 166 g/mol. The Labute approximate surface area is 77.4 Å². The van der Waals surface area contributed by atoms with E-state index in [1.54, 1.807) is 24.4 Å². The van der Waals surface area contributed by atoms with Gasteiger partial charge >= 0.3 is 0 Å². The predicted molar refractivity (Wildman–Crippen MR) is 52.3 cm³/mol. The number of benzene rings is 1. The van der Waals surface area contributed by atoms with Gasteiger partial charge in [-0.3, -0.25) is 4.99 Å². The molecule has 0 aliphatic heterocycles. The Hall–Kier alpha value is -1.35. The Bertz CT molecular complexity index is 284. The summed E-state index contributed by atoms with van der Waals surface area (Å²) in [7, 11) is 0. The molecule has 0 aliphatic carbocycles. The first kappa shape index (κ1) is 9.74. The minimum atomic E-state index is 0.164. The lowest BCUT2D eigenvalue weighted by Gasteiger charge is -1.94. The van der Waals surface area contributed by atoms with Crippen molar-refractivity contribution in [1.82, 2.24) is 0 Å². The molecule has 0 unspecified atom stereocenters. The summed E-state index contributed by atoms with van der Waals surface area (Å²) in [6.45, 7) is 0.781. The molecule has 0 fully saturated rings. The van der Waals surface area contributed by atoms with E-state index in [4.69, 9.17) is 10.2 Å². The van der Waals surface area contributed by atoms with E-state index in [1.807, 2.05) is 6.07 Å². The van der Waals surface area contributed by atoms with Crippen molar-refractivity contribution in [3.8, 4) is 5.75 Å². The summed E-state index contributed by atoms with van der Waals surface area (Å²) in [6, 6.07) is 6.89. The van der Waals surface area contributed by atoms with Crippen molar-refractivity contribution >= 4 is 6.21 Å². The fraction of sp³-hybridized carbons (Fsp3) is 0.300. The Kier molecular flexibility index (Phi) is 3.99. The van der Waals surface area contributed by atoms with Gasteiger partial charge in [0.25, 0.3) is 0 Å². The Balaban J connectivity index is 2.48. The third-order valence-electron chi connectivity index (χ3n) is 1.56. The number of phenols is 1. The van der Waals surface area contributed by atoms with Crippen molar-refractivity contribution in [3.63, 3.8) is 0 Å². The molecule has 3 heteroatoms. The number of hydrogen-bond donors (Lipinski definition) is 2. The Morgan fingerprint density at radius 3 is 2.92 bits per heavy atom. The average Bonchev–Trinajstić information content (AvgIpc) is 2.13. The van der Waals surface area contributed by atoms with E-state index in [-0.39, 0.29) is 12.4 Å². The van der Waals surface area contributed by atoms with Gasteiger partial charge in [-0.25, -0.2) is 0 Å². The van der Waals surface area contributed by atoms with Gasteiger partial charge in [0.1, 0.15) is 5.75 Å². The lowest BCUT2D eigenvalue weighted by molar-refractivity contribution is 0.291. The Morgan fingerprint density at radius 2 is 2.23 bits per heavy atom. The highest BCUT2D eigenvalue weighted by Crippen LogP contribution is 2.08. The predicted octanol–water partition coefficient (Wildman–Crippen LogP) is 1.19. The van der Waals surface area contributed by atoms with E-state index in [9.17, 15) is 0 Å². The molecule has 2 N–H and O–H groups in total. The maximum absolute atomic E-state index is 9.11. The summed E-state index contributed by atoms with van der Waals surface area (Å²) >= 11 is 0. The van der Waals surface area contributed by atoms with Crippen LogP contribution >= 0.6 is 0 Å². The van der Waals surface area contributed by atoms with Crippen LogP contribution in [0.3, 0.4) is 0 Å². The molecular formula is C10H13NO2. The van der Waals surface area contributed by atoms with Crippen LogP contribution in [0.5, 0.6) is 5.75 Å². The molecule has 0 bridgehead atoms. The van der Waals surface area contributed by atoms with Gasteiger partial charge in [0.2, 0.25) is 0 Å². The van der Waals surface area contributed by atoms with Crippen LogP contribution < -0.4 is 0 Å². The van der Waals surface area contributed by atoms with Gasteiger partial charge in [0, 0.05) is 19.4 Å². The lowest BCUT2D eigenvalue weighted by Crippen LogP contribution is -1.88. The monoisotopic (exact) mass is 179 g/mol. The van der Waals surface area contributed by atoms with Crippen LogP contribution in [0.4, 0.5) is 0 Å². The number of hydrogen-bond acceptors (Lipinski definition) is 3. The second-order valence-corrected chi connectivity index (χ2v) is 2.71. The molecule has 0 spiro atoms. The minimum Gasteiger partial charge on any atom is -0.508 e. The second-order valence-electron chi connectivity index (χ2n) is 2.71. The van der Waals surface area contributed by atoms with E-state index in [0.717, 1.165) is 5.56 Å². The molecule has 1 aromatic carbocycles. The minimum absolute atomic E-state index is 0.164. The molecule has 0 heterocycles. The number of aliphatic hydroxyl groups is 1. The highest BCUT2D eigenvalue weighted by molar-refractivity contribution is 5.80. The molecule has 0 amide bonds. The van der Waals surface area contributed by atoms with Crippen molar-refractivity contribution in [3.05, 3.63) is 29.8 Å². The van der Waals surface area contributed by atoms with Gasteiger partial charge in [-0.2, -0.15) is 0 Å². The SMILES string of the molecule is OCCCN=Cc1cccc(O)c1. The van der Waals surface area contributed by atoms with Crippen molar-refractivity contribution in [2.24, 2.45) is 4.99 Å². The van der Waals surface area contributed by atoms with Crippen LogP contribution in [0.1, 0.15) is 12.0 Å². The first-order valence-corrected chi connectivity index (χ1v) is 4.22. The van der Waals surface area contributed by atoms with Crippen LogP contribution in [-0.4, -0.2) is 29.6 Å². The standard InChI is InChI=1S/C10H13NO2/c12-6-2-5-11-8-9-3-1-4-10(13)7-9/h1,3-4,7-8,12-13H,2,5-6H2. The quantitative estimate of drug-likeness (QED) is 0.539. The molecule has 0 aromatic heterocycles. The van der Waals surface area contributed by atoms with E-state index in [0.29, 0.717) is 13.0 Å². The fourth-order valence-corrected chi connectivity index (χ4v) is 0.937. The molecule has 0 saturated carbocycles. The summed E-state index contributed by atoms with van der Waals surface area (Å²) in [5.41, 5.74) is 0.873. The zero-order valence-electron chi connectivity index (χ0n) is 7.35. The molecule has 3 nitrogen and oxygen atoms in total. The number of rotatable bonds is 4. The van der Waals surface area contributed by atoms with Gasteiger partial charge in [-0.05, 0) is 24.1 Å². The van der Waals surface area contributed by atoms with Crippen LogP contribution in [0, 0.1) is 0 Å². The number of aliphatic imine (C=N–C) groups is 1. The van der Waals surface area contributed by atoms with Gasteiger partial charge in [-0.15, -0.1) is 0 Å². The van der Waals surface area contributed by atoms with Gasteiger partial charge < -0.3 is 10.2 Å². The number of aliphatic hydroxyl groups excluding tert-OH is 1. The molecule has 1 rings (SSSR count). The largest absolute Gasteiger partial charge is 0.508 e. The molecule has 70 valence electrons. The average molecular weight is 179 g/mol. The third-order valence-corrected chi connectivity index (χ3v) is 1.56. The Morgan fingerprint density at radius 1 is 1.38 bits per heavy atom. The number of nitrogens with zero attached hydrogens (tertiary/aromatic N) is 1. The molecule has 0 radical (unpaired) electrons. The molecule has 0 saturated heterocycles. The summed E-state index contributed by atoms with van der Waals surface area (Å²) in [6.07, 6.45) is 2.37. The summed E-state index contributed by atoms with van der Waals surface area (Å²) < 4.78 is 0. The van der Waals surface area contributed by atoms with Crippen LogP contribution in [0.15, 0.2) is 29.3 Å². The maximum atomic E-state index is 9.11. The van der Waals surface area contributed by atoms with Gasteiger partial charge in [-0.1, -0.05) is 12.1 Å². The van der Waals surface area contributed by atoms with Crippen molar-refractivity contribution < 1.29 is 10.2 Å². The first-order valence-electron chi connectivity index (χ1n) is 4.22. The zero-order valence-corrected chi connectivity index (χ0v) is 7.35. The van der Waals surface area contributed by atoms with E-state index in [1.165, 1.54) is 0 Å². The lowest BCUT2D eigenvalue weighted by atomic mass is 10.2. The smallest absolute Gasteiger partial charge is 0.116 e.